The number of halogens is 1. The van der Waals surface area contributed by atoms with Gasteiger partial charge in [0.15, 0.2) is 6.04 Å². The molecule has 1 aliphatic rings. The molecule has 0 aliphatic carbocycles. The Bertz CT molecular complexity index is 508. The quantitative estimate of drug-likeness (QED) is 0.884. The predicted molar refractivity (Wildman–Crippen MR) is 87.9 cm³/mol. The molecule has 3 nitrogen and oxygen atoms in total. The molecule has 2 rings (SSSR count). The lowest BCUT2D eigenvalue weighted by atomic mass is 9.91. The molecule has 1 fully saturated rings. The molecule has 3 atom stereocenters. The van der Waals surface area contributed by atoms with Gasteiger partial charge in [0.05, 0.1) is 13.1 Å². The van der Waals surface area contributed by atoms with E-state index in [1.165, 1.54) is 11.3 Å². The van der Waals surface area contributed by atoms with Gasteiger partial charge in [-0.25, -0.2) is 0 Å². The molecule has 1 saturated heterocycles. The number of aryl methyl sites for hydroxylation is 1. The van der Waals surface area contributed by atoms with Gasteiger partial charge < -0.3 is 10.2 Å². The zero-order valence-electron chi connectivity index (χ0n) is 13.4. The van der Waals surface area contributed by atoms with Gasteiger partial charge in [0.1, 0.15) is 0 Å². The van der Waals surface area contributed by atoms with Gasteiger partial charge in [-0.15, -0.1) is 0 Å². The fourth-order valence-corrected chi connectivity index (χ4v) is 3.51. The number of hydrogen-bond donors (Lipinski definition) is 2. The zero-order valence-corrected chi connectivity index (χ0v) is 14.1. The first-order valence-corrected chi connectivity index (χ1v) is 8.16. The third-order valence-corrected chi connectivity index (χ3v) is 4.72. The summed E-state index contributed by atoms with van der Waals surface area (Å²) in [7, 11) is 0. The van der Waals surface area contributed by atoms with Crippen LogP contribution >= 0.6 is 11.6 Å². The van der Waals surface area contributed by atoms with Crippen LogP contribution in [0.25, 0.3) is 0 Å². The van der Waals surface area contributed by atoms with Crippen molar-refractivity contribution >= 4 is 23.2 Å². The predicted octanol–water partition coefficient (Wildman–Crippen LogP) is 2.54. The second-order valence-electron chi connectivity index (χ2n) is 6.68. The average molecular weight is 310 g/mol. The molecule has 0 saturated carbocycles. The third-order valence-electron chi connectivity index (χ3n) is 4.49. The van der Waals surface area contributed by atoms with Gasteiger partial charge >= 0.3 is 0 Å². The van der Waals surface area contributed by atoms with E-state index in [2.05, 4.69) is 19.2 Å². The minimum Gasteiger partial charge on any atom is -0.324 e. The fraction of sp³-hybridized carbons (Fsp3) is 0.588. The molecule has 0 spiro atoms. The number of hydrogen-bond acceptors (Lipinski definition) is 1. The van der Waals surface area contributed by atoms with Crippen LogP contribution in [0.15, 0.2) is 18.2 Å². The monoisotopic (exact) mass is 309 g/mol. The van der Waals surface area contributed by atoms with Crippen molar-refractivity contribution in [1.82, 2.24) is 0 Å². The molecule has 0 radical (unpaired) electrons. The number of nitrogens with one attached hydrogen (secondary N) is 2. The lowest BCUT2D eigenvalue weighted by Crippen LogP contribution is -3.18. The molecule has 116 valence electrons. The maximum Gasteiger partial charge on any atom is 0.282 e. The topological polar surface area (TPSA) is 33.5 Å². The van der Waals surface area contributed by atoms with E-state index < -0.39 is 0 Å². The van der Waals surface area contributed by atoms with Crippen LogP contribution in [0, 0.1) is 18.8 Å². The Kier molecular flexibility index (Phi) is 5.28. The summed E-state index contributed by atoms with van der Waals surface area (Å²) >= 11 is 6.01. The number of rotatable bonds is 3. The number of carbonyl (C=O) groups is 1. The Hall–Kier alpha value is -1.06. The van der Waals surface area contributed by atoms with E-state index in [-0.39, 0.29) is 11.9 Å². The second kappa shape index (κ2) is 6.80. The summed E-state index contributed by atoms with van der Waals surface area (Å²) in [5.41, 5.74) is 1.85. The summed E-state index contributed by atoms with van der Waals surface area (Å²) < 4.78 is 0. The van der Waals surface area contributed by atoms with E-state index in [0.717, 1.165) is 24.3 Å². The Morgan fingerprint density at radius 2 is 1.95 bits per heavy atom. The van der Waals surface area contributed by atoms with E-state index in [0.29, 0.717) is 16.9 Å². The standard InChI is InChI=1S/C17H25ClN2O/c1-11-7-12(2)10-20(9-11)14(4)17(21)19-16-8-15(18)6-5-13(16)3/h5-6,8,11-12,14H,7,9-10H2,1-4H3,(H,19,21)/p+1/t11-,12-,14-/m0/s1. The number of carbonyl (C=O) groups excluding carboxylic acids is 1. The number of anilines is 1. The highest BCUT2D eigenvalue weighted by Gasteiger charge is 2.32. The molecule has 1 aliphatic heterocycles. The molecule has 4 heteroatoms. The third kappa shape index (κ3) is 4.21. The van der Waals surface area contributed by atoms with Crippen molar-refractivity contribution in [2.45, 2.75) is 40.2 Å². The smallest absolute Gasteiger partial charge is 0.282 e. The van der Waals surface area contributed by atoms with Gasteiger partial charge in [-0.05, 0) is 38.0 Å². The molecule has 1 aromatic carbocycles. The van der Waals surface area contributed by atoms with E-state index in [9.17, 15) is 4.79 Å². The minimum absolute atomic E-state index is 0.0337. The molecule has 21 heavy (non-hydrogen) atoms. The van der Waals surface area contributed by atoms with Gasteiger partial charge in [0, 0.05) is 22.5 Å². The van der Waals surface area contributed by atoms with Crippen molar-refractivity contribution < 1.29 is 9.69 Å². The number of likely N-dealkylation sites (tertiary alicyclic amines) is 1. The van der Waals surface area contributed by atoms with Gasteiger partial charge in [0.25, 0.3) is 5.91 Å². The first-order chi connectivity index (χ1) is 9.86. The summed E-state index contributed by atoms with van der Waals surface area (Å²) in [5, 5.41) is 3.68. The van der Waals surface area contributed by atoms with Gasteiger partial charge in [-0.2, -0.15) is 0 Å². The maximum atomic E-state index is 12.5. The summed E-state index contributed by atoms with van der Waals surface area (Å²) in [5.74, 6) is 1.45. The number of quaternary nitrogens is 1. The maximum absolute atomic E-state index is 12.5. The highest BCUT2D eigenvalue weighted by molar-refractivity contribution is 6.31. The Morgan fingerprint density at radius 1 is 1.33 bits per heavy atom. The Balaban J connectivity index is 2.04. The molecule has 0 bridgehead atoms. The molecule has 1 heterocycles. The highest BCUT2D eigenvalue weighted by Crippen LogP contribution is 2.20. The van der Waals surface area contributed by atoms with E-state index in [1.807, 2.05) is 32.0 Å². The van der Waals surface area contributed by atoms with Crippen molar-refractivity contribution in [3.63, 3.8) is 0 Å². The van der Waals surface area contributed by atoms with Crippen LogP contribution in [-0.4, -0.2) is 25.0 Å². The Labute approximate surface area is 132 Å². The number of benzene rings is 1. The van der Waals surface area contributed by atoms with Crippen LogP contribution < -0.4 is 10.2 Å². The van der Waals surface area contributed by atoms with Crippen LogP contribution in [0.2, 0.25) is 5.02 Å². The van der Waals surface area contributed by atoms with Crippen LogP contribution in [0.1, 0.15) is 32.8 Å². The largest absolute Gasteiger partial charge is 0.324 e. The number of piperidine rings is 1. The molecule has 0 unspecified atom stereocenters. The van der Waals surface area contributed by atoms with E-state index >= 15 is 0 Å². The molecular weight excluding hydrogens is 284 g/mol. The lowest BCUT2D eigenvalue weighted by Gasteiger charge is -2.35. The molecule has 1 aromatic rings. The van der Waals surface area contributed by atoms with Gasteiger partial charge in [-0.3, -0.25) is 4.79 Å². The SMILES string of the molecule is Cc1ccc(Cl)cc1NC(=O)[C@H](C)[NH+]1C[C@@H](C)C[C@H](C)C1. The van der Waals surface area contributed by atoms with Gasteiger partial charge in [-0.1, -0.05) is 31.5 Å². The van der Waals surface area contributed by atoms with E-state index in [4.69, 9.17) is 11.6 Å². The lowest BCUT2D eigenvalue weighted by molar-refractivity contribution is -0.925. The fourth-order valence-electron chi connectivity index (χ4n) is 3.34. The van der Waals surface area contributed by atoms with Crippen molar-refractivity contribution in [2.75, 3.05) is 18.4 Å². The molecular formula is C17H26ClN2O+. The summed E-state index contributed by atoms with van der Waals surface area (Å²) in [4.78, 5) is 13.9. The van der Waals surface area contributed by atoms with Crippen LogP contribution in [0.5, 0.6) is 0 Å². The summed E-state index contributed by atoms with van der Waals surface area (Å²) in [6.07, 6.45) is 1.27. The van der Waals surface area contributed by atoms with Crippen LogP contribution in [0.3, 0.4) is 0 Å². The second-order valence-corrected chi connectivity index (χ2v) is 7.12. The molecule has 0 aromatic heterocycles. The normalized spacial score (nSPS) is 27.2. The molecule has 1 amide bonds. The van der Waals surface area contributed by atoms with Crippen molar-refractivity contribution in [3.8, 4) is 0 Å². The first-order valence-electron chi connectivity index (χ1n) is 7.78. The van der Waals surface area contributed by atoms with Crippen LogP contribution in [-0.2, 0) is 4.79 Å². The molecule has 2 N–H and O–H groups in total. The minimum atomic E-state index is -0.0337. The van der Waals surface area contributed by atoms with Crippen molar-refractivity contribution in [1.29, 1.82) is 0 Å². The Morgan fingerprint density at radius 3 is 2.57 bits per heavy atom. The highest BCUT2D eigenvalue weighted by atomic mass is 35.5. The average Bonchev–Trinajstić information content (AvgIpc) is 2.41. The summed E-state index contributed by atoms with van der Waals surface area (Å²) in [6, 6.07) is 5.56. The van der Waals surface area contributed by atoms with E-state index in [1.54, 1.807) is 0 Å². The first kappa shape index (κ1) is 16.3. The van der Waals surface area contributed by atoms with Crippen molar-refractivity contribution in [3.05, 3.63) is 28.8 Å². The summed E-state index contributed by atoms with van der Waals surface area (Å²) in [6.45, 7) is 10.7. The zero-order chi connectivity index (χ0) is 15.6. The van der Waals surface area contributed by atoms with Crippen molar-refractivity contribution in [2.24, 2.45) is 11.8 Å². The van der Waals surface area contributed by atoms with Crippen LogP contribution in [0.4, 0.5) is 5.69 Å². The number of amides is 1. The van der Waals surface area contributed by atoms with Gasteiger partial charge in [0.2, 0.25) is 0 Å².